The minimum absolute atomic E-state index is 0.208. The number of hydrogen-bond donors (Lipinski definition) is 0. The second-order valence-corrected chi connectivity index (χ2v) is 6.37. The summed E-state index contributed by atoms with van der Waals surface area (Å²) in [7, 11) is 0. The first kappa shape index (κ1) is 13.8. The van der Waals surface area contributed by atoms with Gasteiger partial charge in [0.2, 0.25) is 0 Å². The highest BCUT2D eigenvalue weighted by Crippen LogP contribution is 2.35. The van der Waals surface area contributed by atoms with Crippen molar-refractivity contribution in [3.05, 3.63) is 44.7 Å². The zero-order chi connectivity index (χ0) is 13.1. The molecule has 1 heterocycles. The number of carbonyl (C=O) groups excluding carboxylic acids is 1. The average molecular weight is 344 g/mol. The topological polar surface area (TPSA) is 17.1 Å². The molecule has 1 aromatic heterocycles. The molecular weight excluding hydrogens is 332 g/mol. The molecule has 0 aliphatic carbocycles. The van der Waals surface area contributed by atoms with Crippen LogP contribution in [0.2, 0.25) is 5.02 Å². The first-order valence-electron chi connectivity index (χ1n) is 5.70. The number of hydrogen-bond acceptors (Lipinski definition) is 2. The molecule has 0 radical (unpaired) electrons. The molecule has 0 N–H and O–H groups in total. The Hall–Kier alpha value is -0.640. The lowest BCUT2D eigenvalue weighted by Gasteiger charge is -2.01. The lowest BCUT2D eigenvalue weighted by molar-refractivity contribution is 0.0985. The first-order valence-corrected chi connectivity index (χ1v) is 7.69. The summed E-state index contributed by atoms with van der Waals surface area (Å²) in [5.74, 6) is 0.208. The van der Waals surface area contributed by atoms with Gasteiger partial charge in [0.25, 0.3) is 0 Å². The molecule has 94 valence electrons. The third-order valence-corrected chi connectivity index (χ3v) is 4.53. The van der Waals surface area contributed by atoms with Gasteiger partial charge in [0.15, 0.2) is 5.78 Å². The summed E-state index contributed by atoms with van der Waals surface area (Å²) < 4.78 is 0.983. The Labute approximate surface area is 124 Å². The number of halogens is 2. The lowest BCUT2D eigenvalue weighted by atomic mass is 10.2. The van der Waals surface area contributed by atoms with Crippen LogP contribution in [0.5, 0.6) is 0 Å². The van der Waals surface area contributed by atoms with Crippen molar-refractivity contribution in [3.63, 3.8) is 0 Å². The Kier molecular flexibility index (Phi) is 4.60. The van der Waals surface area contributed by atoms with Gasteiger partial charge in [-0.05, 0) is 36.8 Å². The minimum Gasteiger partial charge on any atom is -0.293 e. The van der Waals surface area contributed by atoms with Gasteiger partial charge in [0, 0.05) is 26.4 Å². The Morgan fingerprint density at radius 3 is 2.83 bits per heavy atom. The van der Waals surface area contributed by atoms with E-state index in [4.69, 9.17) is 11.6 Å². The molecule has 0 saturated heterocycles. The van der Waals surface area contributed by atoms with Crippen LogP contribution in [-0.4, -0.2) is 5.78 Å². The summed E-state index contributed by atoms with van der Waals surface area (Å²) in [6.45, 7) is 2.01. The molecule has 2 rings (SSSR count). The summed E-state index contributed by atoms with van der Waals surface area (Å²) in [6, 6.07) is 9.58. The zero-order valence-electron chi connectivity index (χ0n) is 9.87. The van der Waals surface area contributed by atoms with Crippen LogP contribution >= 0.6 is 38.9 Å². The Bertz CT molecular complexity index is 577. The van der Waals surface area contributed by atoms with E-state index < -0.39 is 0 Å². The van der Waals surface area contributed by atoms with Crippen LogP contribution in [-0.2, 0) is 0 Å². The normalized spacial score (nSPS) is 10.6. The summed E-state index contributed by atoms with van der Waals surface area (Å²) >= 11 is 11.1. The molecule has 0 amide bonds. The van der Waals surface area contributed by atoms with E-state index in [0.29, 0.717) is 11.4 Å². The third kappa shape index (κ3) is 3.02. The van der Waals surface area contributed by atoms with Gasteiger partial charge in [-0.2, -0.15) is 0 Å². The molecule has 0 aliphatic rings. The van der Waals surface area contributed by atoms with E-state index in [2.05, 4.69) is 15.9 Å². The van der Waals surface area contributed by atoms with Gasteiger partial charge < -0.3 is 0 Å². The maximum absolute atomic E-state index is 11.8. The van der Waals surface area contributed by atoms with Gasteiger partial charge in [0.1, 0.15) is 0 Å². The standard InChI is InChI=1S/C14H12BrClOS/c1-2-3-12(17)14-7-6-13(18-14)10-8-9(15)4-5-11(10)16/h4-8H,2-3H2,1H3. The molecule has 0 saturated carbocycles. The van der Waals surface area contributed by atoms with Crippen molar-refractivity contribution < 1.29 is 4.79 Å². The van der Waals surface area contributed by atoms with Crippen molar-refractivity contribution in [2.45, 2.75) is 19.8 Å². The third-order valence-electron chi connectivity index (χ3n) is 2.55. The van der Waals surface area contributed by atoms with Gasteiger partial charge in [-0.1, -0.05) is 34.5 Å². The summed E-state index contributed by atoms with van der Waals surface area (Å²) in [4.78, 5) is 13.6. The fourth-order valence-corrected chi connectivity index (χ4v) is 3.31. The second-order valence-electron chi connectivity index (χ2n) is 3.96. The molecule has 0 aliphatic heterocycles. The van der Waals surface area contributed by atoms with Crippen LogP contribution in [0.4, 0.5) is 0 Å². The van der Waals surface area contributed by atoms with Crippen LogP contribution in [0.25, 0.3) is 10.4 Å². The molecule has 1 nitrogen and oxygen atoms in total. The Morgan fingerprint density at radius 2 is 2.11 bits per heavy atom. The highest BCUT2D eigenvalue weighted by molar-refractivity contribution is 9.10. The van der Waals surface area contributed by atoms with Crippen molar-refractivity contribution in [1.29, 1.82) is 0 Å². The number of ketones is 1. The molecule has 0 fully saturated rings. The van der Waals surface area contributed by atoms with Crippen molar-refractivity contribution in [1.82, 2.24) is 0 Å². The van der Waals surface area contributed by atoms with Gasteiger partial charge in [-0.25, -0.2) is 0 Å². The largest absolute Gasteiger partial charge is 0.293 e. The fourth-order valence-electron chi connectivity index (χ4n) is 1.67. The van der Waals surface area contributed by atoms with Crippen LogP contribution in [0.1, 0.15) is 29.4 Å². The van der Waals surface area contributed by atoms with Crippen LogP contribution in [0.15, 0.2) is 34.8 Å². The number of Topliss-reactive ketones (excluding diaryl/α,β-unsaturated/α-hetero) is 1. The molecule has 4 heteroatoms. The molecule has 1 aromatic carbocycles. The van der Waals surface area contributed by atoms with Gasteiger partial charge >= 0.3 is 0 Å². The van der Waals surface area contributed by atoms with Gasteiger partial charge in [-0.3, -0.25) is 4.79 Å². The van der Waals surface area contributed by atoms with Gasteiger partial charge in [0.05, 0.1) is 4.88 Å². The minimum atomic E-state index is 0.208. The Balaban J connectivity index is 2.35. The van der Waals surface area contributed by atoms with E-state index in [1.165, 1.54) is 11.3 Å². The van der Waals surface area contributed by atoms with Crippen LogP contribution < -0.4 is 0 Å². The number of thiophene rings is 1. The average Bonchev–Trinajstić information content (AvgIpc) is 2.82. The molecule has 0 bridgehead atoms. The molecule has 0 atom stereocenters. The van der Waals surface area contributed by atoms with Crippen molar-refractivity contribution >= 4 is 44.7 Å². The zero-order valence-corrected chi connectivity index (χ0v) is 13.0. The van der Waals surface area contributed by atoms with Crippen molar-refractivity contribution in [2.75, 3.05) is 0 Å². The second kappa shape index (κ2) is 6.00. The number of rotatable bonds is 4. The van der Waals surface area contributed by atoms with Crippen molar-refractivity contribution in [2.24, 2.45) is 0 Å². The monoisotopic (exact) mass is 342 g/mol. The van der Waals surface area contributed by atoms with Gasteiger partial charge in [-0.15, -0.1) is 11.3 Å². The number of benzene rings is 1. The van der Waals surface area contributed by atoms with E-state index in [0.717, 1.165) is 26.2 Å². The van der Waals surface area contributed by atoms with Crippen LogP contribution in [0.3, 0.4) is 0 Å². The first-order chi connectivity index (χ1) is 8.61. The number of carbonyl (C=O) groups is 1. The van der Waals surface area contributed by atoms with Crippen LogP contribution in [0, 0.1) is 0 Å². The summed E-state index contributed by atoms with van der Waals surface area (Å²) in [6.07, 6.45) is 1.48. The maximum atomic E-state index is 11.8. The molecule has 0 spiro atoms. The van der Waals surface area contributed by atoms with E-state index in [9.17, 15) is 4.79 Å². The quantitative estimate of drug-likeness (QED) is 0.640. The smallest absolute Gasteiger partial charge is 0.172 e. The molecule has 2 aromatic rings. The predicted octanol–water partition coefficient (Wildman–Crippen LogP) is 5.81. The van der Waals surface area contributed by atoms with E-state index in [-0.39, 0.29) is 5.78 Å². The van der Waals surface area contributed by atoms with E-state index in [1.54, 1.807) is 0 Å². The lowest BCUT2D eigenvalue weighted by Crippen LogP contribution is -1.93. The SMILES string of the molecule is CCCC(=O)c1ccc(-c2cc(Br)ccc2Cl)s1. The Morgan fingerprint density at radius 1 is 1.33 bits per heavy atom. The highest BCUT2D eigenvalue weighted by Gasteiger charge is 2.11. The molecule has 18 heavy (non-hydrogen) atoms. The molecule has 0 unspecified atom stereocenters. The molecular formula is C14H12BrClOS. The maximum Gasteiger partial charge on any atom is 0.172 e. The van der Waals surface area contributed by atoms with Crippen molar-refractivity contribution in [3.8, 4) is 10.4 Å². The predicted molar refractivity (Wildman–Crippen MR) is 81.7 cm³/mol. The van der Waals surface area contributed by atoms with E-state index in [1.807, 2.05) is 37.3 Å². The fraction of sp³-hybridized carbons (Fsp3) is 0.214. The summed E-state index contributed by atoms with van der Waals surface area (Å²) in [5, 5.41) is 0.703. The van der Waals surface area contributed by atoms with E-state index >= 15 is 0 Å². The summed E-state index contributed by atoms with van der Waals surface area (Å²) in [5.41, 5.74) is 0.964. The highest BCUT2D eigenvalue weighted by atomic mass is 79.9.